The Balaban J connectivity index is 1.66. The summed E-state index contributed by atoms with van der Waals surface area (Å²) in [6.45, 7) is 5.20. The number of benzene rings is 1. The highest BCUT2D eigenvalue weighted by molar-refractivity contribution is 9.10. The van der Waals surface area contributed by atoms with Crippen molar-refractivity contribution < 1.29 is 4.79 Å². The van der Waals surface area contributed by atoms with Crippen LogP contribution >= 0.6 is 27.3 Å². The van der Waals surface area contributed by atoms with Crippen LogP contribution in [0.2, 0.25) is 0 Å². The van der Waals surface area contributed by atoms with E-state index in [1.807, 2.05) is 24.3 Å². The molecule has 3 rings (SSSR count). The number of amides is 1. The summed E-state index contributed by atoms with van der Waals surface area (Å²) in [6.07, 6.45) is 2.48. The number of thiophene rings is 1. The molecular formula is C19H23BrN2OS. The van der Waals surface area contributed by atoms with E-state index in [0.717, 1.165) is 23.5 Å². The van der Waals surface area contributed by atoms with Crippen molar-refractivity contribution in [2.24, 2.45) is 5.92 Å². The topological polar surface area (TPSA) is 32.3 Å². The average molecular weight is 407 g/mol. The maximum absolute atomic E-state index is 12.4. The normalized spacial score (nSPS) is 17.6. The van der Waals surface area contributed by atoms with Gasteiger partial charge in [-0.1, -0.05) is 28.9 Å². The van der Waals surface area contributed by atoms with Crippen LogP contribution in [0, 0.1) is 5.92 Å². The molecular weight excluding hydrogens is 384 g/mol. The number of rotatable bonds is 5. The molecule has 1 aromatic carbocycles. The molecule has 0 bridgehead atoms. The highest BCUT2D eigenvalue weighted by Gasteiger charge is 2.25. The van der Waals surface area contributed by atoms with Gasteiger partial charge in [-0.2, -0.15) is 0 Å². The van der Waals surface area contributed by atoms with E-state index in [1.54, 1.807) is 11.3 Å². The minimum absolute atomic E-state index is 0.00515. The fourth-order valence-electron chi connectivity index (χ4n) is 3.12. The van der Waals surface area contributed by atoms with Crippen LogP contribution in [0.25, 0.3) is 0 Å². The summed E-state index contributed by atoms with van der Waals surface area (Å²) in [4.78, 5) is 16.3. The Hall–Kier alpha value is -1.17. The summed E-state index contributed by atoms with van der Waals surface area (Å²) in [5, 5.41) is 5.24. The minimum Gasteiger partial charge on any atom is -0.350 e. The van der Waals surface area contributed by atoms with Crippen LogP contribution in [0.15, 0.2) is 46.3 Å². The van der Waals surface area contributed by atoms with Gasteiger partial charge in [0.25, 0.3) is 5.91 Å². The van der Waals surface area contributed by atoms with Crippen molar-refractivity contribution in [3.8, 4) is 0 Å². The van der Waals surface area contributed by atoms with Crippen LogP contribution < -0.4 is 5.32 Å². The largest absolute Gasteiger partial charge is 0.350 e. The molecule has 1 amide bonds. The van der Waals surface area contributed by atoms with Gasteiger partial charge in [-0.3, -0.25) is 9.69 Å². The van der Waals surface area contributed by atoms with Crippen LogP contribution in [-0.4, -0.2) is 30.4 Å². The van der Waals surface area contributed by atoms with Crippen molar-refractivity contribution in [3.63, 3.8) is 0 Å². The molecule has 128 valence electrons. The fraction of sp³-hybridized carbons (Fsp3) is 0.421. The standard InChI is InChI=1S/C19H23BrN2OS/c1-14-8-10-22(11-9-14)17(18-3-2-12-24-18)13-21-19(23)15-4-6-16(20)7-5-15/h2-7,12,14,17H,8-11,13H2,1H3,(H,21,23)/t17-/m1/s1. The smallest absolute Gasteiger partial charge is 0.251 e. The molecule has 0 unspecified atom stereocenters. The third-order valence-electron chi connectivity index (χ3n) is 4.69. The van der Waals surface area contributed by atoms with Gasteiger partial charge in [0, 0.05) is 21.5 Å². The van der Waals surface area contributed by atoms with Crippen LogP contribution in [0.3, 0.4) is 0 Å². The van der Waals surface area contributed by atoms with E-state index in [9.17, 15) is 4.79 Å². The summed E-state index contributed by atoms with van der Waals surface area (Å²) >= 11 is 5.18. The molecule has 5 heteroatoms. The number of likely N-dealkylation sites (tertiary alicyclic amines) is 1. The van der Waals surface area contributed by atoms with Gasteiger partial charge >= 0.3 is 0 Å². The van der Waals surface area contributed by atoms with Gasteiger partial charge in [-0.15, -0.1) is 11.3 Å². The van der Waals surface area contributed by atoms with Crippen molar-refractivity contribution in [2.75, 3.05) is 19.6 Å². The van der Waals surface area contributed by atoms with Crippen molar-refractivity contribution in [2.45, 2.75) is 25.8 Å². The quantitative estimate of drug-likeness (QED) is 0.779. The molecule has 3 nitrogen and oxygen atoms in total. The maximum Gasteiger partial charge on any atom is 0.251 e. The Kier molecular flexibility index (Phi) is 6.09. The molecule has 0 spiro atoms. The maximum atomic E-state index is 12.4. The van der Waals surface area contributed by atoms with Crippen molar-refractivity contribution in [3.05, 3.63) is 56.7 Å². The van der Waals surface area contributed by atoms with E-state index in [2.05, 4.69) is 50.6 Å². The number of halogens is 1. The Morgan fingerprint density at radius 1 is 1.29 bits per heavy atom. The molecule has 0 radical (unpaired) electrons. The van der Waals surface area contributed by atoms with Gasteiger partial charge in [0.2, 0.25) is 0 Å². The zero-order valence-electron chi connectivity index (χ0n) is 13.9. The first kappa shape index (κ1) is 17.6. The van der Waals surface area contributed by atoms with Crippen LogP contribution in [0.4, 0.5) is 0 Å². The predicted octanol–water partition coefficient (Wildman–Crippen LogP) is 4.71. The van der Waals surface area contributed by atoms with Gasteiger partial charge in [0.1, 0.15) is 0 Å². The van der Waals surface area contributed by atoms with Crippen LogP contribution in [0.1, 0.15) is 41.0 Å². The Morgan fingerprint density at radius 2 is 2.00 bits per heavy atom. The number of carbonyl (C=O) groups is 1. The fourth-order valence-corrected chi connectivity index (χ4v) is 4.25. The molecule has 1 aliphatic heterocycles. The molecule has 0 aliphatic carbocycles. The summed E-state index contributed by atoms with van der Waals surface area (Å²) < 4.78 is 0.984. The van der Waals surface area contributed by atoms with Crippen molar-refractivity contribution >= 4 is 33.2 Å². The SMILES string of the molecule is CC1CCN([C@H](CNC(=O)c2ccc(Br)cc2)c2cccs2)CC1. The number of carbonyl (C=O) groups excluding carboxylic acids is 1. The van der Waals surface area contributed by atoms with E-state index < -0.39 is 0 Å². The Morgan fingerprint density at radius 3 is 2.62 bits per heavy atom. The second kappa shape index (κ2) is 8.28. The Labute approximate surface area is 156 Å². The molecule has 1 N–H and O–H groups in total. The lowest BCUT2D eigenvalue weighted by molar-refractivity contribution is 0.0915. The van der Waals surface area contributed by atoms with E-state index in [0.29, 0.717) is 12.1 Å². The summed E-state index contributed by atoms with van der Waals surface area (Å²) in [5.74, 6) is 0.803. The zero-order chi connectivity index (χ0) is 16.9. The molecule has 2 aromatic rings. The third kappa shape index (κ3) is 4.47. The molecule has 24 heavy (non-hydrogen) atoms. The third-order valence-corrected chi connectivity index (χ3v) is 6.20. The van der Waals surface area contributed by atoms with E-state index in [1.165, 1.54) is 17.7 Å². The van der Waals surface area contributed by atoms with Crippen LogP contribution in [0.5, 0.6) is 0 Å². The lowest BCUT2D eigenvalue weighted by atomic mass is 9.97. The monoisotopic (exact) mass is 406 g/mol. The first-order chi connectivity index (χ1) is 11.6. The van der Waals surface area contributed by atoms with Gasteiger partial charge in [0.05, 0.1) is 6.04 Å². The van der Waals surface area contributed by atoms with E-state index in [-0.39, 0.29) is 11.9 Å². The Bertz CT molecular complexity index is 649. The van der Waals surface area contributed by atoms with Gasteiger partial charge in [0.15, 0.2) is 0 Å². The van der Waals surface area contributed by atoms with Crippen LogP contribution in [-0.2, 0) is 0 Å². The number of nitrogens with one attached hydrogen (secondary N) is 1. The lowest BCUT2D eigenvalue weighted by Gasteiger charge is -2.36. The average Bonchev–Trinajstić information content (AvgIpc) is 3.11. The number of piperidine rings is 1. The summed E-state index contributed by atoms with van der Waals surface area (Å²) in [6, 6.07) is 12.0. The van der Waals surface area contributed by atoms with E-state index in [4.69, 9.17) is 0 Å². The lowest BCUT2D eigenvalue weighted by Crippen LogP contribution is -2.41. The number of nitrogens with zero attached hydrogens (tertiary/aromatic N) is 1. The predicted molar refractivity (Wildman–Crippen MR) is 104 cm³/mol. The molecule has 1 fully saturated rings. The highest BCUT2D eigenvalue weighted by atomic mass is 79.9. The van der Waals surface area contributed by atoms with E-state index >= 15 is 0 Å². The molecule has 2 heterocycles. The first-order valence-electron chi connectivity index (χ1n) is 8.44. The molecule has 1 saturated heterocycles. The second-order valence-electron chi connectivity index (χ2n) is 6.47. The molecule has 1 aliphatic rings. The number of hydrogen-bond donors (Lipinski definition) is 1. The van der Waals surface area contributed by atoms with Gasteiger partial charge < -0.3 is 5.32 Å². The number of hydrogen-bond acceptors (Lipinski definition) is 3. The molecule has 1 aromatic heterocycles. The van der Waals surface area contributed by atoms with Crippen molar-refractivity contribution in [1.29, 1.82) is 0 Å². The minimum atomic E-state index is -0.00515. The molecule has 1 atom stereocenters. The van der Waals surface area contributed by atoms with Crippen molar-refractivity contribution in [1.82, 2.24) is 10.2 Å². The highest BCUT2D eigenvalue weighted by Crippen LogP contribution is 2.29. The summed E-state index contributed by atoms with van der Waals surface area (Å²) in [5.41, 5.74) is 0.704. The molecule has 0 saturated carbocycles. The van der Waals surface area contributed by atoms with Gasteiger partial charge in [-0.25, -0.2) is 0 Å². The van der Waals surface area contributed by atoms with Gasteiger partial charge in [-0.05, 0) is 67.6 Å². The second-order valence-corrected chi connectivity index (χ2v) is 8.36. The summed E-state index contributed by atoms with van der Waals surface area (Å²) in [7, 11) is 0. The first-order valence-corrected chi connectivity index (χ1v) is 10.1. The zero-order valence-corrected chi connectivity index (χ0v) is 16.3.